The number of nitrogens with one attached hydrogen (secondary N) is 1. The van der Waals surface area contributed by atoms with Gasteiger partial charge in [0.25, 0.3) is 5.91 Å². The summed E-state index contributed by atoms with van der Waals surface area (Å²) in [5.74, 6) is -6.14. The number of rotatable bonds is 14. The number of ether oxygens (including phenoxy) is 2. The van der Waals surface area contributed by atoms with Gasteiger partial charge in [0.05, 0.1) is 22.9 Å². The summed E-state index contributed by atoms with van der Waals surface area (Å²) in [6.45, 7) is 0.0350. The van der Waals surface area contributed by atoms with Crippen molar-refractivity contribution in [3.05, 3.63) is 124 Å². The van der Waals surface area contributed by atoms with Gasteiger partial charge in [0.15, 0.2) is 0 Å². The highest BCUT2D eigenvalue weighted by atomic mass is 35.5. The van der Waals surface area contributed by atoms with Crippen molar-refractivity contribution >= 4 is 23.5 Å². The molecule has 4 aromatic rings. The monoisotopic (exact) mass is 734 g/mol. The van der Waals surface area contributed by atoms with E-state index in [1.54, 1.807) is 0 Å². The highest BCUT2D eigenvalue weighted by Gasteiger charge is 2.45. The largest absolute Gasteiger partial charge is 0.494 e. The van der Waals surface area contributed by atoms with Crippen LogP contribution in [0, 0.1) is 11.6 Å². The van der Waals surface area contributed by atoms with Gasteiger partial charge in [-0.1, -0.05) is 23.7 Å². The number of carbonyl (C=O) groups is 2. The molecule has 17 heteroatoms. The minimum absolute atomic E-state index is 0.0350. The molecule has 0 radical (unpaired) electrons. The second-order valence-corrected chi connectivity index (χ2v) is 11.2. The van der Waals surface area contributed by atoms with Gasteiger partial charge >= 0.3 is 24.7 Å². The van der Waals surface area contributed by atoms with E-state index in [4.69, 9.17) is 21.4 Å². The van der Waals surface area contributed by atoms with Gasteiger partial charge in [0.1, 0.15) is 28.7 Å². The van der Waals surface area contributed by atoms with Gasteiger partial charge in [-0.2, -0.15) is 30.7 Å². The van der Waals surface area contributed by atoms with Crippen molar-refractivity contribution < 1.29 is 63.7 Å². The van der Waals surface area contributed by atoms with Crippen LogP contribution in [-0.2, 0) is 22.9 Å². The van der Waals surface area contributed by atoms with Crippen LogP contribution in [0.25, 0.3) is 0 Å². The Morgan fingerprint density at radius 2 is 1.60 bits per heavy atom. The fourth-order valence-corrected chi connectivity index (χ4v) is 4.90. The average molecular weight is 735 g/mol. The summed E-state index contributed by atoms with van der Waals surface area (Å²) in [7, 11) is 0. The molecule has 1 aromatic heterocycles. The second kappa shape index (κ2) is 15.3. The Balaban J connectivity index is 1.88. The Hall–Kier alpha value is -4.99. The third-order valence-electron chi connectivity index (χ3n) is 7.09. The number of halogens is 10. The summed E-state index contributed by atoms with van der Waals surface area (Å²) >= 11 is 6.01. The lowest BCUT2D eigenvalue weighted by Crippen LogP contribution is -2.49. The van der Waals surface area contributed by atoms with E-state index >= 15 is 4.39 Å². The Morgan fingerprint density at radius 1 is 0.900 bits per heavy atom. The van der Waals surface area contributed by atoms with Crippen molar-refractivity contribution in [1.29, 1.82) is 0 Å². The van der Waals surface area contributed by atoms with Gasteiger partial charge in [-0.15, -0.1) is 0 Å². The molecular formula is C33H24ClF9N2O5. The molecule has 0 fully saturated rings. The van der Waals surface area contributed by atoms with Crippen LogP contribution in [0.1, 0.15) is 45.6 Å². The molecule has 1 amide bonds. The van der Waals surface area contributed by atoms with Crippen LogP contribution in [0.3, 0.4) is 0 Å². The zero-order valence-corrected chi connectivity index (χ0v) is 26.0. The maximum Gasteiger partial charge on any atom is 0.461 e. The summed E-state index contributed by atoms with van der Waals surface area (Å²) < 4.78 is 133. The smallest absolute Gasteiger partial charge is 0.461 e. The highest BCUT2D eigenvalue weighted by Crippen LogP contribution is 2.38. The number of carboxylic acids is 1. The third-order valence-corrected chi connectivity index (χ3v) is 7.32. The molecule has 3 aromatic carbocycles. The maximum absolute atomic E-state index is 15.1. The lowest BCUT2D eigenvalue weighted by molar-refractivity contribution is -0.253. The molecule has 7 nitrogen and oxygen atoms in total. The fourth-order valence-electron chi connectivity index (χ4n) is 4.79. The first-order valence-electron chi connectivity index (χ1n) is 14.3. The molecule has 0 aliphatic carbocycles. The number of hydrogen-bond acceptors (Lipinski definition) is 5. The first-order valence-corrected chi connectivity index (χ1v) is 14.7. The molecule has 0 bridgehead atoms. The van der Waals surface area contributed by atoms with Crippen LogP contribution in [-0.4, -0.2) is 41.1 Å². The molecule has 50 heavy (non-hydrogen) atoms. The molecule has 0 aliphatic rings. The molecule has 1 heterocycles. The van der Waals surface area contributed by atoms with E-state index in [-0.39, 0.29) is 42.0 Å². The van der Waals surface area contributed by atoms with Crippen LogP contribution in [0.4, 0.5) is 39.5 Å². The fraction of sp³-hybridized carbons (Fsp3) is 0.242. The molecule has 0 aliphatic heterocycles. The van der Waals surface area contributed by atoms with E-state index in [1.807, 2.05) is 0 Å². The number of alkyl halides is 7. The number of amides is 1. The molecule has 0 saturated carbocycles. The van der Waals surface area contributed by atoms with E-state index in [2.05, 4.69) is 15.0 Å². The van der Waals surface area contributed by atoms with E-state index in [0.29, 0.717) is 23.8 Å². The molecule has 1 unspecified atom stereocenters. The quantitative estimate of drug-likeness (QED) is 0.0998. The molecule has 1 atom stereocenters. The van der Waals surface area contributed by atoms with Crippen LogP contribution in [0.2, 0.25) is 5.02 Å². The summed E-state index contributed by atoms with van der Waals surface area (Å²) in [6, 6.07) is 11.5. The van der Waals surface area contributed by atoms with Gasteiger partial charge in [-0.3, -0.25) is 14.6 Å². The van der Waals surface area contributed by atoms with E-state index in [1.165, 1.54) is 36.4 Å². The Morgan fingerprint density at radius 3 is 2.20 bits per heavy atom. The third kappa shape index (κ3) is 9.37. The number of hydrogen-bond donors (Lipinski definition) is 2. The zero-order chi connectivity index (χ0) is 36.9. The number of benzene rings is 3. The van der Waals surface area contributed by atoms with Gasteiger partial charge in [-0.25, -0.2) is 8.78 Å². The summed E-state index contributed by atoms with van der Waals surface area (Å²) in [5, 5.41) is 11.3. The topological polar surface area (TPSA) is 97.8 Å². The molecule has 4 rings (SSSR count). The minimum atomic E-state index is -5.21. The van der Waals surface area contributed by atoms with Crippen molar-refractivity contribution in [2.75, 3.05) is 6.61 Å². The van der Waals surface area contributed by atoms with Crippen LogP contribution in [0.15, 0.2) is 79.0 Å². The normalized spacial score (nSPS) is 13.1. The van der Waals surface area contributed by atoms with Crippen molar-refractivity contribution in [3.63, 3.8) is 0 Å². The SMILES string of the molecule is O=C(O)CCCOc1ccc(CC(NC(=O)c2ccc(F)c(C(F)(F)F)c2)(c2cc(F)cc(OC(F)(F)C(F)F)c2)c2ccc(Cl)cn2)cc1. The van der Waals surface area contributed by atoms with Crippen LogP contribution < -0.4 is 14.8 Å². The number of pyridine rings is 1. The van der Waals surface area contributed by atoms with E-state index in [0.717, 1.165) is 18.3 Å². The molecule has 266 valence electrons. The zero-order valence-electron chi connectivity index (χ0n) is 25.2. The van der Waals surface area contributed by atoms with Crippen molar-refractivity contribution in [1.82, 2.24) is 10.3 Å². The first-order chi connectivity index (χ1) is 23.4. The van der Waals surface area contributed by atoms with Crippen LogP contribution >= 0.6 is 11.6 Å². The van der Waals surface area contributed by atoms with Gasteiger partial charge < -0.3 is 19.9 Å². The summed E-state index contributed by atoms with van der Waals surface area (Å²) in [4.78, 5) is 28.7. The Bertz CT molecular complexity index is 1820. The second-order valence-electron chi connectivity index (χ2n) is 10.7. The number of carboxylic acid groups (broad SMARTS) is 1. The number of aliphatic carboxylic acids is 1. The average Bonchev–Trinajstić information content (AvgIpc) is 3.02. The molecule has 2 N–H and O–H groups in total. The number of carbonyl (C=O) groups excluding carboxylic acids is 1. The van der Waals surface area contributed by atoms with E-state index < -0.39 is 76.6 Å². The molecule has 0 spiro atoms. The molecular weight excluding hydrogens is 711 g/mol. The summed E-state index contributed by atoms with van der Waals surface area (Å²) in [6.07, 6.45) is -14.0. The number of nitrogens with zero attached hydrogens (tertiary/aromatic N) is 1. The Kier molecular flexibility index (Phi) is 11.6. The lowest BCUT2D eigenvalue weighted by atomic mass is 9.80. The van der Waals surface area contributed by atoms with Crippen molar-refractivity contribution in [3.8, 4) is 11.5 Å². The molecule has 0 saturated heterocycles. The van der Waals surface area contributed by atoms with Gasteiger partial charge in [0, 0.05) is 30.7 Å². The summed E-state index contributed by atoms with van der Waals surface area (Å²) in [5.41, 5.74) is -5.03. The standard InChI is InChI=1S/C33H24ClF9N2O5/c34-21-6-10-27(44-17-21)31(16-18-3-7-23(8-4-18)49-11-1-2-28(46)47,20-13-22(35)15-24(14-20)50-33(42,43)30(37)38)45-29(48)19-5-9-26(36)25(12-19)32(39,40)41/h3-10,12-15,17,30H,1-2,11,16H2,(H,45,48)(H,46,47). The van der Waals surface area contributed by atoms with Gasteiger partial charge in [0.2, 0.25) is 0 Å². The van der Waals surface area contributed by atoms with E-state index in [9.17, 15) is 44.7 Å². The number of aromatic nitrogens is 1. The van der Waals surface area contributed by atoms with Crippen molar-refractivity contribution in [2.45, 2.75) is 43.5 Å². The maximum atomic E-state index is 15.1. The van der Waals surface area contributed by atoms with Gasteiger partial charge in [-0.05, 0) is 72.1 Å². The first kappa shape index (κ1) is 37.8. The predicted octanol–water partition coefficient (Wildman–Crippen LogP) is 8.43. The van der Waals surface area contributed by atoms with Crippen molar-refractivity contribution in [2.24, 2.45) is 0 Å². The minimum Gasteiger partial charge on any atom is -0.494 e. The Labute approximate surface area is 282 Å². The highest BCUT2D eigenvalue weighted by molar-refractivity contribution is 6.30. The lowest BCUT2D eigenvalue weighted by Gasteiger charge is -2.36. The van der Waals surface area contributed by atoms with Crippen LogP contribution in [0.5, 0.6) is 11.5 Å². The predicted molar refractivity (Wildman–Crippen MR) is 159 cm³/mol.